The van der Waals surface area contributed by atoms with Gasteiger partial charge in [-0.05, 0) is 25.2 Å². The minimum absolute atomic E-state index is 0.0962. The lowest BCUT2D eigenvalue weighted by molar-refractivity contribution is -0.128. The van der Waals surface area contributed by atoms with Gasteiger partial charge in [0.1, 0.15) is 0 Å². The summed E-state index contributed by atoms with van der Waals surface area (Å²) in [5.74, 6) is 0.565. The molecule has 1 fully saturated rings. The van der Waals surface area contributed by atoms with Crippen molar-refractivity contribution in [1.82, 2.24) is 5.32 Å². The van der Waals surface area contributed by atoms with Crippen LogP contribution in [0.4, 0.5) is 0 Å². The predicted octanol–water partition coefficient (Wildman–Crippen LogP) is 1.31. The molecule has 0 aromatic heterocycles. The van der Waals surface area contributed by atoms with Gasteiger partial charge in [0.2, 0.25) is 5.91 Å². The van der Waals surface area contributed by atoms with Crippen LogP contribution >= 0.6 is 0 Å². The summed E-state index contributed by atoms with van der Waals surface area (Å²) < 4.78 is 0. The first kappa shape index (κ1) is 11.5. The van der Waals surface area contributed by atoms with Crippen molar-refractivity contribution in [3.63, 3.8) is 0 Å². The first-order chi connectivity index (χ1) is 6.39. The number of aliphatic hydroxyl groups excluding tert-OH is 1. The fraction of sp³-hybridized carbons (Fsp3) is 0.909. The number of nitrogens with one attached hydrogen (secondary N) is 1. The van der Waals surface area contributed by atoms with Gasteiger partial charge in [-0.1, -0.05) is 20.8 Å². The summed E-state index contributed by atoms with van der Waals surface area (Å²) >= 11 is 0. The molecule has 0 aromatic carbocycles. The Bertz CT molecular complexity index is 208. The van der Waals surface area contributed by atoms with Crippen molar-refractivity contribution in [2.24, 2.45) is 11.3 Å². The number of carbonyl (C=O) groups is 1. The smallest absolute Gasteiger partial charge is 0.225 e. The molecule has 0 saturated heterocycles. The van der Waals surface area contributed by atoms with E-state index >= 15 is 0 Å². The maximum atomic E-state index is 11.5. The highest BCUT2D eigenvalue weighted by Gasteiger charge is 2.25. The van der Waals surface area contributed by atoms with Crippen molar-refractivity contribution in [2.75, 3.05) is 6.54 Å². The van der Waals surface area contributed by atoms with E-state index in [4.69, 9.17) is 0 Å². The second-order valence-corrected chi connectivity index (χ2v) is 5.29. The maximum Gasteiger partial charge on any atom is 0.225 e. The number of amides is 1. The van der Waals surface area contributed by atoms with Gasteiger partial charge in [-0.25, -0.2) is 0 Å². The van der Waals surface area contributed by atoms with E-state index in [0.29, 0.717) is 12.5 Å². The highest BCUT2D eigenvalue weighted by Crippen LogP contribution is 2.24. The molecular weight excluding hydrogens is 178 g/mol. The van der Waals surface area contributed by atoms with E-state index in [1.807, 2.05) is 20.8 Å². The molecule has 0 radical (unpaired) electrons. The summed E-state index contributed by atoms with van der Waals surface area (Å²) in [5.41, 5.74) is -0.308. The van der Waals surface area contributed by atoms with Gasteiger partial charge in [0, 0.05) is 12.0 Å². The number of hydrogen-bond donors (Lipinski definition) is 2. The van der Waals surface area contributed by atoms with Crippen LogP contribution < -0.4 is 5.32 Å². The van der Waals surface area contributed by atoms with Gasteiger partial charge in [0.25, 0.3) is 0 Å². The van der Waals surface area contributed by atoms with E-state index in [9.17, 15) is 9.90 Å². The van der Waals surface area contributed by atoms with E-state index in [1.165, 1.54) is 0 Å². The molecule has 14 heavy (non-hydrogen) atoms. The van der Waals surface area contributed by atoms with Crippen LogP contribution in [-0.2, 0) is 4.79 Å². The molecule has 82 valence electrons. The van der Waals surface area contributed by atoms with Crippen LogP contribution in [0.5, 0.6) is 0 Å². The molecular formula is C11H21NO2. The molecule has 2 N–H and O–H groups in total. The summed E-state index contributed by atoms with van der Waals surface area (Å²) in [4.78, 5) is 11.5. The van der Waals surface area contributed by atoms with Crippen LogP contribution in [0.15, 0.2) is 0 Å². The Morgan fingerprint density at radius 1 is 1.43 bits per heavy atom. The lowest BCUT2D eigenvalue weighted by Gasteiger charge is -2.19. The minimum atomic E-state index is -0.308. The Morgan fingerprint density at radius 2 is 2.07 bits per heavy atom. The fourth-order valence-electron chi connectivity index (χ4n) is 1.74. The van der Waals surface area contributed by atoms with Gasteiger partial charge in [0.05, 0.1) is 6.10 Å². The average molecular weight is 199 g/mol. The van der Waals surface area contributed by atoms with Crippen LogP contribution in [0.1, 0.15) is 40.0 Å². The molecule has 0 aliphatic heterocycles. The molecule has 2 unspecified atom stereocenters. The summed E-state index contributed by atoms with van der Waals surface area (Å²) in [5, 5.41) is 12.2. The van der Waals surface area contributed by atoms with Crippen molar-refractivity contribution < 1.29 is 9.90 Å². The van der Waals surface area contributed by atoms with E-state index in [0.717, 1.165) is 19.3 Å². The molecule has 2 atom stereocenters. The molecule has 3 nitrogen and oxygen atoms in total. The first-order valence-corrected chi connectivity index (χ1v) is 5.36. The summed E-state index contributed by atoms with van der Waals surface area (Å²) in [6.07, 6.45) is 2.61. The normalized spacial score (nSPS) is 27.7. The SMILES string of the molecule is CC(C)(C)C(=O)NCC1CCC(O)C1. The Hall–Kier alpha value is -0.570. The molecule has 1 aliphatic carbocycles. The summed E-state index contributed by atoms with van der Waals surface area (Å²) in [7, 11) is 0. The number of rotatable bonds is 2. The maximum absolute atomic E-state index is 11.5. The first-order valence-electron chi connectivity index (χ1n) is 5.36. The molecule has 0 heterocycles. The van der Waals surface area contributed by atoms with E-state index in [-0.39, 0.29) is 17.4 Å². The van der Waals surface area contributed by atoms with Gasteiger partial charge in [-0.15, -0.1) is 0 Å². The molecule has 1 amide bonds. The fourth-order valence-corrected chi connectivity index (χ4v) is 1.74. The monoisotopic (exact) mass is 199 g/mol. The van der Waals surface area contributed by atoms with Crippen LogP contribution in [-0.4, -0.2) is 23.7 Å². The molecule has 0 bridgehead atoms. The Kier molecular flexibility index (Phi) is 3.53. The quantitative estimate of drug-likeness (QED) is 0.704. The lowest BCUT2D eigenvalue weighted by Crippen LogP contribution is -2.37. The summed E-state index contributed by atoms with van der Waals surface area (Å²) in [6.45, 7) is 6.44. The second kappa shape index (κ2) is 4.30. The second-order valence-electron chi connectivity index (χ2n) is 5.29. The third-order valence-electron chi connectivity index (χ3n) is 2.75. The third kappa shape index (κ3) is 3.29. The molecule has 3 heteroatoms. The highest BCUT2D eigenvalue weighted by molar-refractivity contribution is 5.81. The van der Waals surface area contributed by atoms with Gasteiger partial charge in [-0.3, -0.25) is 4.79 Å². The molecule has 0 aromatic rings. The zero-order valence-electron chi connectivity index (χ0n) is 9.34. The van der Waals surface area contributed by atoms with Crippen molar-refractivity contribution in [3.05, 3.63) is 0 Å². The van der Waals surface area contributed by atoms with E-state index in [1.54, 1.807) is 0 Å². The zero-order chi connectivity index (χ0) is 10.8. The highest BCUT2D eigenvalue weighted by atomic mass is 16.3. The Labute approximate surface area is 85.9 Å². The topological polar surface area (TPSA) is 49.3 Å². The van der Waals surface area contributed by atoms with Crippen molar-refractivity contribution in [1.29, 1.82) is 0 Å². The zero-order valence-corrected chi connectivity index (χ0v) is 9.34. The van der Waals surface area contributed by atoms with Gasteiger partial charge in [0.15, 0.2) is 0 Å². The molecule has 1 saturated carbocycles. The number of aliphatic hydroxyl groups is 1. The standard InChI is InChI=1S/C11H21NO2/c1-11(2,3)10(14)12-7-8-4-5-9(13)6-8/h8-9,13H,4-7H2,1-3H3,(H,12,14). The molecule has 1 aliphatic rings. The van der Waals surface area contributed by atoms with Crippen LogP contribution in [0.25, 0.3) is 0 Å². The minimum Gasteiger partial charge on any atom is -0.393 e. The summed E-state index contributed by atoms with van der Waals surface area (Å²) in [6, 6.07) is 0. The number of hydrogen-bond acceptors (Lipinski definition) is 2. The largest absolute Gasteiger partial charge is 0.393 e. The van der Waals surface area contributed by atoms with Crippen LogP contribution in [0.3, 0.4) is 0 Å². The van der Waals surface area contributed by atoms with E-state index in [2.05, 4.69) is 5.32 Å². The van der Waals surface area contributed by atoms with Gasteiger partial charge >= 0.3 is 0 Å². The molecule has 0 spiro atoms. The van der Waals surface area contributed by atoms with Crippen molar-refractivity contribution >= 4 is 5.91 Å². The predicted molar refractivity (Wildman–Crippen MR) is 55.8 cm³/mol. The van der Waals surface area contributed by atoms with Gasteiger partial charge in [-0.2, -0.15) is 0 Å². The van der Waals surface area contributed by atoms with Crippen LogP contribution in [0, 0.1) is 11.3 Å². The molecule has 1 rings (SSSR count). The third-order valence-corrected chi connectivity index (χ3v) is 2.75. The van der Waals surface area contributed by atoms with Crippen molar-refractivity contribution in [2.45, 2.75) is 46.1 Å². The van der Waals surface area contributed by atoms with Crippen LogP contribution in [0.2, 0.25) is 0 Å². The Balaban J connectivity index is 2.24. The van der Waals surface area contributed by atoms with E-state index < -0.39 is 0 Å². The Morgan fingerprint density at radius 3 is 2.50 bits per heavy atom. The van der Waals surface area contributed by atoms with Crippen molar-refractivity contribution in [3.8, 4) is 0 Å². The van der Waals surface area contributed by atoms with Gasteiger partial charge < -0.3 is 10.4 Å². The number of carbonyl (C=O) groups excluding carboxylic acids is 1. The lowest BCUT2D eigenvalue weighted by atomic mass is 9.95. The average Bonchev–Trinajstić information content (AvgIpc) is 2.45.